The van der Waals surface area contributed by atoms with Crippen molar-refractivity contribution in [1.82, 2.24) is 14.5 Å². The molecule has 0 aliphatic heterocycles. The highest BCUT2D eigenvalue weighted by atomic mass is 32.2. The van der Waals surface area contributed by atoms with Crippen molar-refractivity contribution in [2.75, 3.05) is 6.61 Å². The van der Waals surface area contributed by atoms with E-state index in [0.29, 0.717) is 13.0 Å². The molecule has 0 aliphatic carbocycles. The van der Waals surface area contributed by atoms with Gasteiger partial charge in [-0.3, -0.25) is 4.68 Å². The zero-order valence-corrected chi connectivity index (χ0v) is 12.7. The molecule has 0 saturated heterocycles. The number of nitrogens with zero attached hydrogens (tertiary/aromatic N) is 2. The first-order valence-corrected chi connectivity index (χ1v) is 8.49. The van der Waals surface area contributed by atoms with Crippen LogP contribution in [0.4, 0.5) is 0 Å². The van der Waals surface area contributed by atoms with Gasteiger partial charge in [-0.1, -0.05) is 0 Å². The van der Waals surface area contributed by atoms with E-state index in [0.717, 1.165) is 9.75 Å². The molecule has 110 valence electrons. The summed E-state index contributed by atoms with van der Waals surface area (Å²) in [5.41, 5.74) is 0. The van der Waals surface area contributed by atoms with Gasteiger partial charge < -0.3 is 5.11 Å². The second-order valence-electron chi connectivity index (χ2n) is 4.35. The minimum atomic E-state index is -3.54. The monoisotopic (exact) mass is 315 g/mol. The number of aromatic nitrogens is 2. The summed E-state index contributed by atoms with van der Waals surface area (Å²) < 4.78 is 28.2. The summed E-state index contributed by atoms with van der Waals surface area (Å²) in [5, 5.41) is 12.7. The number of aliphatic hydroxyl groups is 1. The van der Waals surface area contributed by atoms with Gasteiger partial charge in [-0.2, -0.15) is 5.10 Å². The third kappa shape index (κ3) is 3.89. The third-order valence-corrected chi connectivity index (χ3v) is 5.05. The molecule has 2 N–H and O–H groups in total. The van der Waals surface area contributed by atoms with Crippen LogP contribution in [0.3, 0.4) is 0 Å². The lowest BCUT2D eigenvalue weighted by atomic mass is 10.4. The second-order valence-corrected chi connectivity index (χ2v) is 7.49. The van der Waals surface area contributed by atoms with Crippen molar-refractivity contribution in [3.05, 3.63) is 34.3 Å². The average Bonchev–Trinajstić information content (AvgIpc) is 3.03. The van der Waals surface area contributed by atoms with E-state index in [1.165, 1.54) is 17.1 Å². The highest BCUT2D eigenvalue weighted by Crippen LogP contribution is 2.16. The standard InChI is InChI=1S/C12H17N3O3S2/c1-10-3-4-11(19-10)7-14-20(17,18)12-8-13-15(9-12)5-2-6-16/h3-4,8-9,14,16H,2,5-7H2,1H3. The predicted molar refractivity (Wildman–Crippen MR) is 77.0 cm³/mol. The molecule has 0 amide bonds. The highest BCUT2D eigenvalue weighted by Gasteiger charge is 2.16. The molecule has 0 unspecified atom stereocenters. The van der Waals surface area contributed by atoms with Crippen molar-refractivity contribution in [2.24, 2.45) is 0 Å². The van der Waals surface area contributed by atoms with E-state index in [1.807, 2.05) is 19.1 Å². The third-order valence-electron chi connectivity index (χ3n) is 2.70. The fourth-order valence-electron chi connectivity index (χ4n) is 1.67. The summed E-state index contributed by atoms with van der Waals surface area (Å²) in [6.45, 7) is 2.81. The molecular formula is C12H17N3O3S2. The number of aryl methyl sites for hydroxylation is 2. The highest BCUT2D eigenvalue weighted by molar-refractivity contribution is 7.89. The molecule has 20 heavy (non-hydrogen) atoms. The maximum Gasteiger partial charge on any atom is 0.244 e. The van der Waals surface area contributed by atoms with E-state index in [1.54, 1.807) is 11.3 Å². The Morgan fingerprint density at radius 1 is 1.45 bits per heavy atom. The number of hydrogen-bond donors (Lipinski definition) is 2. The van der Waals surface area contributed by atoms with E-state index in [-0.39, 0.29) is 18.0 Å². The van der Waals surface area contributed by atoms with Crippen LogP contribution in [0.25, 0.3) is 0 Å². The van der Waals surface area contributed by atoms with Crippen molar-refractivity contribution in [2.45, 2.75) is 31.3 Å². The Hall–Kier alpha value is -1.22. The molecule has 8 heteroatoms. The molecule has 2 aromatic rings. The summed E-state index contributed by atoms with van der Waals surface area (Å²) in [5.74, 6) is 0. The Labute approximate surface area is 122 Å². The van der Waals surface area contributed by atoms with E-state index >= 15 is 0 Å². The summed E-state index contributed by atoms with van der Waals surface area (Å²) in [7, 11) is -3.54. The maximum atomic E-state index is 12.1. The summed E-state index contributed by atoms with van der Waals surface area (Å²) >= 11 is 1.56. The molecule has 2 aromatic heterocycles. The van der Waals surface area contributed by atoms with Gasteiger partial charge in [-0.15, -0.1) is 11.3 Å². The van der Waals surface area contributed by atoms with Gasteiger partial charge in [0.05, 0.1) is 6.20 Å². The Morgan fingerprint density at radius 3 is 2.90 bits per heavy atom. The SMILES string of the molecule is Cc1ccc(CNS(=O)(=O)c2cnn(CCCO)c2)s1. The normalized spacial score (nSPS) is 11.9. The first kappa shape index (κ1) is 15.2. The number of rotatable bonds is 7. The van der Waals surface area contributed by atoms with Crippen LogP contribution in [0.5, 0.6) is 0 Å². The van der Waals surface area contributed by atoms with Gasteiger partial charge in [0.1, 0.15) is 4.90 Å². The smallest absolute Gasteiger partial charge is 0.244 e. The van der Waals surface area contributed by atoms with Crippen LogP contribution in [-0.4, -0.2) is 29.9 Å². The Kier molecular flexibility index (Phi) is 4.92. The molecule has 0 radical (unpaired) electrons. The van der Waals surface area contributed by atoms with Crippen LogP contribution in [-0.2, 0) is 23.1 Å². The van der Waals surface area contributed by atoms with Crippen molar-refractivity contribution < 1.29 is 13.5 Å². The van der Waals surface area contributed by atoms with Crippen LogP contribution in [0.15, 0.2) is 29.4 Å². The lowest BCUT2D eigenvalue weighted by Crippen LogP contribution is -2.22. The zero-order valence-electron chi connectivity index (χ0n) is 11.1. The van der Waals surface area contributed by atoms with Gasteiger partial charge in [0.15, 0.2) is 0 Å². The fraction of sp³-hybridized carbons (Fsp3) is 0.417. The van der Waals surface area contributed by atoms with Crippen LogP contribution >= 0.6 is 11.3 Å². The van der Waals surface area contributed by atoms with Crippen LogP contribution in [0.2, 0.25) is 0 Å². The molecule has 0 bridgehead atoms. The summed E-state index contributed by atoms with van der Waals surface area (Å²) in [6, 6.07) is 3.87. The summed E-state index contributed by atoms with van der Waals surface area (Å²) in [4.78, 5) is 2.26. The van der Waals surface area contributed by atoms with Gasteiger partial charge in [-0.25, -0.2) is 13.1 Å². The van der Waals surface area contributed by atoms with E-state index < -0.39 is 10.0 Å². The number of thiophene rings is 1. The topological polar surface area (TPSA) is 84.2 Å². The Balaban J connectivity index is 2.00. The minimum Gasteiger partial charge on any atom is -0.396 e. The van der Waals surface area contributed by atoms with Crippen LogP contribution in [0.1, 0.15) is 16.2 Å². The Morgan fingerprint density at radius 2 is 2.25 bits per heavy atom. The predicted octanol–water partition coefficient (Wildman–Crippen LogP) is 1.11. The molecule has 0 spiro atoms. The lowest BCUT2D eigenvalue weighted by molar-refractivity contribution is 0.277. The number of hydrogen-bond acceptors (Lipinski definition) is 5. The molecule has 0 aliphatic rings. The number of sulfonamides is 1. The average molecular weight is 315 g/mol. The minimum absolute atomic E-state index is 0.0535. The molecule has 0 aromatic carbocycles. The van der Waals surface area contributed by atoms with Gasteiger partial charge in [-0.05, 0) is 25.5 Å². The van der Waals surface area contributed by atoms with E-state index in [9.17, 15) is 8.42 Å². The van der Waals surface area contributed by atoms with Gasteiger partial charge >= 0.3 is 0 Å². The van der Waals surface area contributed by atoms with Crippen LogP contribution in [0, 0.1) is 6.92 Å². The van der Waals surface area contributed by atoms with Gasteiger partial charge in [0, 0.05) is 35.6 Å². The Bertz CT molecular complexity index is 661. The van der Waals surface area contributed by atoms with E-state index in [4.69, 9.17) is 5.11 Å². The first-order chi connectivity index (χ1) is 9.51. The summed E-state index contributed by atoms with van der Waals surface area (Å²) in [6.07, 6.45) is 3.33. The molecule has 2 rings (SSSR count). The van der Waals surface area contributed by atoms with Crippen molar-refractivity contribution in [3.63, 3.8) is 0 Å². The molecular weight excluding hydrogens is 298 g/mol. The van der Waals surface area contributed by atoms with Gasteiger partial charge in [0.25, 0.3) is 0 Å². The van der Waals surface area contributed by atoms with Crippen molar-refractivity contribution >= 4 is 21.4 Å². The molecule has 2 heterocycles. The molecule has 0 atom stereocenters. The van der Waals surface area contributed by atoms with Crippen molar-refractivity contribution in [3.8, 4) is 0 Å². The zero-order chi connectivity index (χ0) is 14.6. The second kappa shape index (κ2) is 6.49. The first-order valence-electron chi connectivity index (χ1n) is 6.19. The van der Waals surface area contributed by atoms with Gasteiger partial charge in [0.2, 0.25) is 10.0 Å². The molecule has 0 fully saturated rings. The molecule has 6 nitrogen and oxygen atoms in total. The van der Waals surface area contributed by atoms with Crippen molar-refractivity contribution in [1.29, 1.82) is 0 Å². The maximum absolute atomic E-state index is 12.1. The van der Waals surface area contributed by atoms with Crippen LogP contribution < -0.4 is 4.72 Å². The lowest BCUT2D eigenvalue weighted by Gasteiger charge is -2.02. The fourth-order valence-corrected chi connectivity index (χ4v) is 3.55. The van der Waals surface area contributed by atoms with E-state index in [2.05, 4.69) is 9.82 Å². The number of nitrogens with one attached hydrogen (secondary N) is 1. The quantitative estimate of drug-likeness (QED) is 0.802. The molecule has 0 saturated carbocycles. The largest absolute Gasteiger partial charge is 0.396 e. The number of aliphatic hydroxyl groups excluding tert-OH is 1.